The van der Waals surface area contributed by atoms with E-state index >= 15 is 0 Å². The van der Waals surface area contributed by atoms with E-state index in [-0.39, 0.29) is 60.7 Å². The van der Waals surface area contributed by atoms with Gasteiger partial charge < -0.3 is 24.3 Å². The fraction of sp³-hybridized carbons (Fsp3) is 0.333. The van der Waals surface area contributed by atoms with Gasteiger partial charge in [0.05, 0.1) is 29.1 Å². The molecule has 5 rings (SSSR count). The number of nitro groups is 1. The molecule has 2 aromatic carbocycles. The highest BCUT2D eigenvalue weighted by Gasteiger charge is 2.44. The van der Waals surface area contributed by atoms with Crippen LogP contribution in [-0.4, -0.2) is 43.8 Å². The lowest BCUT2D eigenvalue weighted by molar-refractivity contribution is -0.385. The van der Waals surface area contributed by atoms with Gasteiger partial charge in [-0.15, -0.1) is 0 Å². The number of ether oxygens (including phenoxy) is 4. The summed E-state index contributed by atoms with van der Waals surface area (Å²) in [6, 6.07) is 12.5. The number of methoxy groups -OCH3 is 1. The van der Waals surface area contributed by atoms with Gasteiger partial charge in [0.1, 0.15) is 6.61 Å². The van der Waals surface area contributed by atoms with Crippen LogP contribution in [0.15, 0.2) is 65.0 Å². The molecule has 0 saturated heterocycles. The Morgan fingerprint density at radius 1 is 1.14 bits per heavy atom. The van der Waals surface area contributed by atoms with Crippen molar-refractivity contribution >= 4 is 17.4 Å². The predicted molar refractivity (Wildman–Crippen MR) is 131 cm³/mol. The molecular weight excluding hydrogens is 480 g/mol. The van der Waals surface area contributed by atoms with Crippen LogP contribution in [0.25, 0.3) is 0 Å². The van der Waals surface area contributed by atoms with E-state index in [1.54, 1.807) is 6.92 Å². The molecule has 2 aromatic rings. The minimum Gasteiger partial charge on any atom is -0.460 e. The van der Waals surface area contributed by atoms with E-state index in [0.29, 0.717) is 29.1 Å². The summed E-state index contributed by atoms with van der Waals surface area (Å²) >= 11 is 0. The molecule has 10 nitrogen and oxygen atoms in total. The minimum atomic E-state index is -1.01. The lowest BCUT2D eigenvalue weighted by Crippen LogP contribution is -2.36. The zero-order valence-corrected chi connectivity index (χ0v) is 20.4. The van der Waals surface area contributed by atoms with Crippen molar-refractivity contribution < 1.29 is 33.5 Å². The molecule has 1 N–H and O–H groups in total. The normalized spacial score (nSPS) is 20.4. The largest absolute Gasteiger partial charge is 0.460 e. The molecule has 0 radical (unpaired) electrons. The van der Waals surface area contributed by atoms with E-state index in [4.69, 9.17) is 18.9 Å². The SMILES string of the molecule is COCCOC(=O)C1=C(C)NC2=C(C(=O)CC(c3ccccc3)C2)C1c1cc2c(cc1[N+](=O)[O-])OCO2. The Kier molecular flexibility index (Phi) is 6.66. The van der Waals surface area contributed by atoms with Crippen LogP contribution < -0.4 is 14.8 Å². The van der Waals surface area contributed by atoms with Gasteiger partial charge >= 0.3 is 5.97 Å². The Morgan fingerprint density at radius 3 is 2.57 bits per heavy atom. The molecule has 2 aliphatic heterocycles. The van der Waals surface area contributed by atoms with Gasteiger partial charge in [0.2, 0.25) is 6.79 Å². The smallest absolute Gasteiger partial charge is 0.336 e. The van der Waals surface area contributed by atoms with Crippen LogP contribution in [0.4, 0.5) is 5.69 Å². The molecule has 0 amide bonds. The van der Waals surface area contributed by atoms with Gasteiger partial charge in [-0.2, -0.15) is 0 Å². The van der Waals surface area contributed by atoms with Gasteiger partial charge in [-0.1, -0.05) is 30.3 Å². The number of esters is 1. The molecule has 37 heavy (non-hydrogen) atoms. The zero-order chi connectivity index (χ0) is 26.1. The lowest BCUT2D eigenvalue weighted by atomic mass is 9.71. The maximum atomic E-state index is 13.7. The molecule has 2 unspecified atom stereocenters. The van der Waals surface area contributed by atoms with Gasteiger partial charge in [0, 0.05) is 36.1 Å². The van der Waals surface area contributed by atoms with Crippen molar-refractivity contribution in [1.29, 1.82) is 0 Å². The van der Waals surface area contributed by atoms with Crippen molar-refractivity contribution in [1.82, 2.24) is 5.32 Å². The number of Topliss-reactive ketones (excluding diaryl/α,β-unsaturated/α-hetero) is 1. The number of rotatable bonds is 7. The van der Waals surface area contributed by atoms with Gasteiger partial charge in [0.25, 0.3) is 5.69 Å². The summed E-state index contributed by atoms with van der Waals surface area (Å²) in [7, 11) is 1.49. The maximum Gasteiger partial charge on any atom is 0.336 e. The molecule has 192 valence electrons. The molecule has 2 atom stereocenters. The number of allylic oxidation sites excluding steroid dienone is 3. The number of hydrogen-bond acceptors (Lipinski definition) is 9. The number of hydrogen-bond donors (Lipinski definition) is 1. The van der Waals surface area contributed by atoms with Crippen LogP contribution in [0.1, 0.15) is 42.7 Å². The summed E-state index contributed by atoms with van der Waals surface area (Å²) in [5.74, 6) is -1.38. The van der Waals surface area contributed by atoms with Crippen molar-refractivity contribution in [2.24, 2.45) is 0 Å². The van der Waals surface area contributed by atoms with E-state index < -0.39 is 16.8 Å². The first-order valence-corrected chi connectivity index (χ1v) is 11.9. The number of nitrogens with zero attached hydrogens (tertiary/aromatic N) is 1. The van der Waals surface area contributed by atoms with Crippen molar-refractivity contribution in [3.8, 4) is 11.5 Å². The number of nitro benzene ring substituents is 1. The third-order valence-corrected chi connectivity index (χ3v) is 6.87. The summed E-state index contributed by atoms with van der Waals surface area (Å²) in [4.78, 5) is 38.7. The molecule has 1 aliphatic carbocycles. The zero-order valence-electron chi connectivity index (χ0n) is 20.4. The van der Waals surface area contributed by atoms with E-state index in [9.17, 15) is 19.7 Å². The standard InChI is InChI=1S/C27H26N2O8/c1-15-24(27(31)35-9-8-34-2)25(18-12-22-23(37-14-36-22)13-20(18)29(32)33)26-19(28-15)10-17(11-21(26)30)16-6-4-3-5-7-16/h3-7,12-13,17,25,28H,8-11,14H2,1-2H3. The topological polar surface area (TPSA) is 126 Å². The van der Waals surface area contributed by atoms with Crippen molar-refractivity contribution in [3.05, 3.63) is 86.2 Å². The summed E-state index contributed by atoms with van der Waals surface area (Å²) in [5, 5.41) is 15.4. The molecule has 0 spiro atoms. The monoisotopic (exact) mass is 506 g/mol. The van der Waals surface area contributed by atoms with Crippen LogP contribution in [0, 0.1) is 10.1 Å². The van der Waals surface area contributed by atoms with Crippen molar-refractivity contribution in [2.45, 2.75) is 31.6 Å². The second-order valence-electron chi connectivity index (χ2n) is 9.08. The van der Waals surface area contributed by atoms with Gasteiger partial charge in [-0.05, 0) is 30.9 Å². The molecule has 0 aromatic heterocycles. The summed E-state index contributed by atoms with van der Waals surface area (Å²) in [6.07, 6.45) is 0.730. The Morgan fingerprint density at radius 2 is 1.86 bits per heavy atom. The lowest BCUT2D eigenvalue weighted by Gasteiger charge is -2.36. The van der Waals surface area contributed by atoms with E-state index in [1.807, 2.05) is 30.3 Å². The Hall–Kier alpha value is -4.18. The number of carbonyl (C=O) groups is 2. The maximum absolute atomic E-state index is 13.7. The van der Waals surface area contributed by atoms with Crippen molar-refractivity contribution in [2.75, 3.05) is 27.1 Å². The molecule has 2 heterocycles. The Labute approximate surface area is 213 Å². The number of dihydropyridines is 1. The second-order valence-corrected chi connectivity index (χ2v) is 9.08. The number of carbonyl (C=O) groups excluding carboxylic acids is 2. The first-order chi connectivity index (χ1) is 17.9. The number of benzene rings is 2. The minimum absolute atomic E-state index is 0.00199. The van der Waals surface area contributed by atoms with Crippen molar-refractivity contribution in [3.63, 3.8) is 0 Å². The fourth-order valence-corrected chi connectivity index (χ4v) is 5.21. The summed E-state index contributed by atoms with van der Waals surface area (Å²) < 4.78 is 21.2. The highest BCUT2D eigenvalue weighted by Crippen LogP contribution is 2.50. The first-order valence-electron chi connectivity index (χ1n) is 11.9. The molecule has 0 saturated carbocycles. The van der Waals surface area contributed by atoms with E-state index in [1.165, 1.54) is 19.2 Å². The van der Waals surface area contributed by atoms with Crippen LogP contribution in [0.5, 0.6) is 11.5 Å². The summed E-state index contributed by atoms with van der Waals surface area (Å²) in [6.45, 7) is 1.82. The average Bonchev–Trinajstić information content (AvgIpc) is 3.35. The van der Waals surface area contributed by atoms with Crippen LogP contribution in [0.3, 0.4) is 0 Å². The molecule has 3 aliphatic rings. The molecule has 10 heteroatoms. The second kappa shape index (κ2) is 10.1. The highest BCUT2D eigenvalue weighted by molar-refractivity contribution is 6.04. The number of ketones is 1. The molecular formula is C27H26N2O8. The quantitative estimate of drug-likeness (QED) is 0.258. The third-order valence-electron chi connectivity index (χ3n) is 6.87. The first kappa shape index (κ1) is 24.5. The molecule has 0 bridgehead atoms. The van der Waals surface area contributed by atoms with Gasteiger partial charge in [0.15, 0.2) is 17.3 Å². The Balaban J connectivity index is 1.65. The van der Waals surface area contributed by atoms with Gasteiger partial charge in [-0.3, -0.25) is 14.9 Å². The van der Waals surface area contributed by atoms with Crippen LogP contribution >= 0.6 is 0 Å². The average molecular weight is 507 g/mol. The third kappa shape index (κ3) is 4.55. The summed E-state index contributed by atoms with van der Waals surface area (Å²) in [5.41, 5.74) is 2.53. The van der Waals surface area contributed by atoms with Crippen LogP contribution in [0.2, 0.25) is 0 Å². The fourth-order valence-electron chi connectivity index (χ4n) is 5.21. The number of nitrogens with one attached hydrogen (secondary N) is 1. The van der Waals surface area contributed by atoms with E-state index in [0.717, 1.165) is 5.56 Å². The number of fused-ring (bicyclic) bond motifs is 1. The Bertz CT molecular complexity index is 1330. The highest BCUT2D eigenvalue weighted by atomic mass is 16.7. The predicted octanol–water partition coefficient (Wildman–Crippen LogP) is 3.87. The van der Waals surface area contributed by atoms with E-state index in [2.05, 4.69) is 5.32 Å². The van der Waals surface area contributed by atoms with Crippen LogP contribution in [-0.2, 0) is 19.1 Å². The molecule has 0 fully saturated rings. The van der Waals surface area contributed by atoms with Gasteiger partial charge in [-0.25, -0.2) is 4.79 Å².